The summed E-state index contributed by atoms with van der Waals surface area (Å²) in [5.41, 5.74) is 45.7. The summed E-state index contributed by atoms with van der Waals surface area (Å²) >= 11 is 0. The Morgan fingerprint density at radius 2 is 0.345 bits per heavy atom. The van der Waals surface area contributed by atoms with Gasteiger partial charge in [-0.2, -0.15) is 0 Å². The van der Waals surface area contributed by atoms with E-state index in [1.807, 2.05) is 0 Å². The van der Waals surface area contributed by atoms with Gasteiger partial charge < -0.3 is 0 Å². The SMILES string of the molecule is Cc1ccc2c(c1)C1(C/C=C\C/C=C\C1)c1cc(C)ccc1-2.Cc1ccc2c(c1)C1(C/C=C\C=C/CC1)c1cc(C)ccc1-2.Cc1ccc2c(c1)C1(CCCCCCCC1)c1cc(C)ccc1-2.Cc1ccc2c(c1)C1(CCCCCCCCC1)c1cc(C)ccc1-2.Cc1ccc2c(c1)C1(CCCCCCCCCC1)c1cc(C)ccc1-2. The van der Waals surface area contributed by atoms with Crippen molar-refractivity contribution in [3.05, 3.63) is 342 Å². The van der Waals surface area contributed by atoms with Gasteiger partial charge in [-0.25, -0.2) is 0 Å². The summed E-state index contributed by atoms with van der Waals surface area (Å²) in [5.74, 6) is 0. The second-order valence-corrected chi connectivity index (χ2v) is 38.0. The zero-order valence-corrected chi connectivity index (χ0v) is 72.8. The van der Waals surface area contributed by atoms with Crippen molar-refractivity contribution < 1.29 is 0 Å². The van der Waals surface area contributed by atoms with Gasteiger partial charge in [-0.3, -0.25) is 0 Å². The van der Waals surface area contributed by atoms with Crippen molar-refractivity contribution in [2.45, 2.75) is 308 Å². The summed E-state index contributed by atoms with van der Waals surface area (Å²) in [6.45, 7) is 22.3. The van der Waals surface area contributed by atoms with Gasteiger partial charge in [0.15, 0.2) is 0 Å². The van der Waals surface area contributed by atoms with E-state index in [9.17, 15) is 0 Å². The summed E-state index contributed by atoms with van der Waals surface area (Å²) in [6, 6.07) is 71.0. The lowest BCUT2D eigenvalue weighted by atomic mass is 9.70. The maximum atomic E-state index is 2.50. The second-order valence-electron chi connectivity index (χ2n) is 38.0. The van der Waals surface area contributed by atoms with Gasteiger partial charge in [0, 0.05) is 27.1 Å². The second kappa shape index (κ2) is 35.4. The first kappa shape index (κ1) is 80.9. The van der Waals surface area contributed by atoms with Crippen LogP contribution in [0.5, 0.6) is 0 Å². The summed E-state index contributed by atoms with van der Waals surface area (Å²) in [5, 5.41) is 0. The first-order valence-electron chi connectivity index (χ1n) is 46.3. The molecule has 10 aromatic carbocycles. The summed E-state index contributed by atoms with van der Waals surface area (Å²) in [7, 11) is 0. The van der Waals surface area contributed by atoms with E-state index in [1.54, 1.807) is 33.4 Å². The third kappa shape index (κ3) is 16.0. The molecule has 0 saturated heterocycles. The molecule has 0 radical (unpaired) electrons. The summed E-state index contributed by atoms with van der Waals surface area (Å²) < 4.78 is 0. The molecule has 20 rings (SSSR count). The van der Waals surface area contributed by atoms with Crippen LogP contribution in [0.15, 0.2) is 231 Å². The van der Waals surface area contributed by atoms with Gasteiger partial charge in [0.25, 0.3) is 0 Å². The molecule has 0 heterocycles. The highest BCUT2D eigenvalue weighted by Crippen LogP contribution is 2.60. The minimum atomic E-state index is 0.121. The quantitative estimate of drug-likeness (QED) is 0.133. The monoisotopic (exact) mass is 1530 g/mol. The fourth-order valence-electron chi connectivity index (χ4n) is 23.6. The number of benzene rings is 10. The van der Waals surface area contributed by atoms with Gasteiger partial charge in [0.05, 0.1) is 0 Å². The van der Waals surface area contributed by atoms with E-state index in [4.69, 9.17) is 0 Å². The highest BCUT2D eigenvalue weighted by Gasteiger charge is 2.48. The van der Waals surface area contributed by atoms with Crippen LogP contribution >= 0.6 is 0 Å². The molecule has 0 nitrogen and oxygen atoms in total. The number of aryl methyl sites for hydroxylation is 10. The highest BCUT2D eigenvalue weighted by atomic mass is 14.5. The zero-order chi connectivity index (χ0) is 80.0. The normalized spacial score (nSPS) is 20.2. The van der Waals surface area contributed by atoms with Gasteiger partial charge in [0.2, 0.25) is 0 Å². The van der Waals surface area contributed by atoms with Crippen LogP contribution in [0.25, 0.3) is 55.6 Å². The number of hydrogen-bond donors (Lipinski definition) is 0. The molecule has 598 valence electrons. The molecule has 5 spiro atoms. The lowest BCUT2D eigenvalue weighted by Gasteiger charge is -2.33. The van der Waals surface area contributed by atoms with E-state index in [2.05, 4.69) is 300 Å². The van der Waals surface area contributed by atoms with E-state index in [0.29, 0.717) is 0 Å². The average Bonchev–Trinajstić information content (AvgIpc) is 1.59. The van der Waals surface area contributed by atoms with Gasteiger partial charge in [-0.05, 0) is 258 Å². The molecular weight excluding hydrogens is 1390 g/mol. The number of allylic oxidation sites excluding steroid dienone is 8. The first-order chi connectivity index (χ1) is 56.5. The molecule has 0 unspecified atom stereocenters. The van der Waals surface area contributed by atoms with E-state index in [1.165, 1.54) is 313 Å². The fraction of sp³-hybridized carbons (Fsp3) is 0.414. The predicted molar refractivity (Wildman–Crippen MR) is 500 cm³/mol. The van der Waals surface area contributed by atoms with Crippen molar-refractivity contribution in [2.75, 3.05) is 0 Å². The molecule has 10 aliphatic carbocycles. The van der Waals surface area contributed by atoms with Crippen LogP contribution in [0.2, 0.25) is 0 Å². The van der Waals surface area contributed by atoms with Crippen LogP contribution in [0, 0.1) is 69.2 Å². The third-order valence-corrected chi connectivity index (χ3v) is 29.6. The lowest BCUT2D eigenvalue weighted by molar-refractivity contribution is 0.384. The molecule has 0 aliphatic heterocycles. The molecule has 10 aliphatic rings. The average molecular weight is 1530 g/mol. The Hall–Kier alpha value is -8.84. The third-order valence-electron chi connectivity index (χ3n) is 29.6. The summed E-state index contributed by atoms with van der Waals surface area (Å²) in [4.78, 5) is 0. The van der Waals surface area contributed by atoms with Crippen LogP contribution in [-0.2, 0) is 27.1 Å². The standard InChI is InChI=1S/C25H32.C24H30.C23H28.2C22H22/c1-19-11-13-21-22-14-12-20(2)18-24(22)25(23(21)17-19)15-9-7-5-3-4-6-8-10-16-25;1-18-10-12-20-21-13-11-19(2)17-23(21)24(22(20)16-18)14-8-6-4-3-5-7-9-15-24;1-17-9-11-19-20-12-10-18(2)16-22(20)23(21(19)15-17)13-7-5-3-4-6-8-14-23;2*1-16-8-10-18-19-11-9-17(2)15-21(19)22(20(18)14-16)12-6-4-3-5-7-13-22/h11-14,17-18H,3-10,15-16H2,1-2H3;10-13,16-17H,3-9,14-15H2,1-2H3;9-12,15-16H,3-8,13-14H2,1-2H3;4-11,14-15H,3,12-13H2,1-2H3;3-6,8-11,14-15H,7,12-13H2,1-2H3/b;;;6-4-,7-5-;5-3-,6-4-. The van der Waals surface area contributed by atoms with Crippen LogP contribution < -0.4 is 0 Å². The number of hydrogen-bond acceptors (Lipinski definition) is 0. The van der Waals surface area contributed by atoms with Crippen LogP contribution in [0.1, 0.15) is 323 Å². The molecule has 0 bridgehead atoms. The number of rotatable bonds is 0. The van der Waals surface area contributed by atoms with Crippen molar-refractivity contribution in [3.8, 4) is 55.6 Å². The van der Waals surface area contributed by atoms with Crippen molar-refractivity contribution in [1.29, 1.82) is 0 Å². The Labute approximate surface area is 701 Å². The van der Waals surface area contributed by atoms with E-state index in [0.717, 1.165) is 32.1 Å². The Bertz CT molecular complexity index is 5020. The maximum Gasteiger partial charge on any atom is 0.0284 e. The molecule has 0 heteroatoms. The smallest absolute Gasteiger partial charge is 0.0284 e. The molecular formula is C116H134. The van der Waals surface area contributed by atoms with Gasteiger partial charge >= 0.3 is 0 Å². The van der Waals surface area contributed by atoms with E-state index in [-0.39, 0.29) is 27.1 Å². The van der Waals surface area contributed by atoms with Gasteiger partial charge in [0.1, 0.15) is 0 Å². The topological polar surface area (TPSA) is 0 Å². The Kier molecular flexibility index (Phi) is 24.7. The van der Waals surface area contributed by atoms with Crippen molar-refractivity contribution in [1.82, 2.24) is 0 Å². The first-order valence-corrected chi connectivity index (χ1v) is 46.3. The van der Waals surface area contributed by atoms with E-state index < -0.39 is 0 Å². The minimum absolute atomic E-state index is 0.121. The van der Waals surface area contributed by atoms with E-state index >= 15 is 0 Å². The minimum Gasteiger partial charge on any atom is -0.0870 e. The van der Waals surface area contributed by atoms with Crippen LogP contribution in [-0.4, -0.2) is 0 Å². The van der Waals surface area contributed by atoms with Crippen LogP contribution in [0.4, 0.5) is 0 Å². The van der Waals surface area contributed by atoms with Crippen molar-refractivity contribution in [2.24, 2.45) is 0 Å². The molecule has 10 aromatic rings. The van der Waals surface area contributed by atoms with Crippen LogP contribution in [0.3, 0.4) is 0 Å². The van der Waals surface area contributed by atoms with Gasteiger partial charge in [-0.1, -0.05) is 421 Å². The molecule has 0 N–H and O–H groups in total. The number of fused-ring (bicyclic) bond motifs is 25. The lowest BCUT2D eigenvalue weighted by Crippen LogP contribution is -2.26. The molecule has 3 saturated carbocycles. The summed E-state index contributed by atoms with van der Waals surface area (Å²) in [6.07, 6.45) is 62.7. The van der Waals surface area contributed by atoms with Gasteiger partial charge in [-0.15, -0.1) is 0 Å². The maximum absolute atomic E-state index is 2.50. The largest absolute Gasteiger partial charge is 0.0870 e. The molecule has 3 fully saturated rings. The molecule has 0 amide bonds. The Morgan fingerprint density at radius 3 is 0.569 bits per heavy atom. The zero-order valence-electron chi connectivity index (χ0n) is 72.8. The Morgan fingerprint density at radius 1 is 0.164 bits per heavy atom. The fourth-order valence-corrected chi connectivity index (χ4v) is 23.6. The molecule has 116 heavy (non-hydrogen) atoms. The molecule has 0 atom stereocenters. The van der Waals surface area contributed by atoms with Crippen molar-refractivity contribution >= 4 is 0 Å². The Balaban J connectivity index is 0.000000109. The predicted octanol–water partition coefficient (Wildman–Crippen LogP) is 33.0. The molecule has 0 aromatic heterocycles. The van der Waals surface area contributed by atoms with Crippen molar-refractivity contribution in [3.63, 3.8) is 0 Å². The highest BCUT2D eigenvalue weighted by molar-refractivity contribution is 5.86.